The predicted octanol–water partition coefficient (Wildman–Crippen LogP) is 2.52. The number of hydrogen-bond acceptors (Lipinski definition) is 6. The molecule has 148 valence electrons. The molecule has 3 fully saturated rings. The molecule has 8 nitrogen and oxygen atoms in total. The Hall–Kier alpha value is -3.10. The molecule has 0 bridgehead atoms. The summed E-state index contributed by atoms with van der Waals surface area (Å²) in [5.41, 5.74) is 0.101. The summed E-state index contributed by atoms with van der Waals surface area (Å²) in [6.45, 7) is 3.33. The van der Waals surface area contributed by atoms with E-state index in [0.29, 0.717) is 6.54 Å². The van der Waals surface area contributed by atoms with Gasteiger partial charge in [0, 0.05) is 25.2 Å². The lowest BCUT2D eigenvalue weighted by Gasteiger charge is -2.33. The summed E-state index contributed by atoms with van der Waals surface area (Å²) in [5.74, 6) is -1.20. The summed E-state index contributed by atoms with van der Waals surface area (Å²) in [4.78, 5) is 39.0. The van der Waals surface area contributed by atoms with E-state index >= 15 is 0 Å². The molecule has 2 amide bonds. The van der Waals surface area contributed by atoms with E-state index in [4.69, 9.17) is 0 Å². The third-order valence-corrected chi connectivity index (χ3v) is 6.41. The molecule has 3 atom stereocenters. The van der Waals surface area contributed by atoms with Crippen LogP contribution in [0.1, 0.15) is 24.9 Å². The molecule has 5 rings (SSSR count). The predicted molar refractivity (Wildman–Crippen MR) is 105 cm³/mol. The number of anilines is 1. The highest BCUT2D eigenvalue weighted by molar-refractivity contribution is 6.26. The number of carbonyl (C=O) groups is 2. The van der Waals surface area contributed by atoms with Crippen molar-refractivity contribution in [3.63, 3.8) is 0 Å². The fourth-order valence-corrected chi connectivity index (χ4v) is 5.15. The van der Waals surface area contributed by atoms with E-state index in [-0.39, 0.29) is 29.2 Å². The maximum absolute atomic E-state index is 13.6. The number of benzene rings is 2. The molecule has 0 aromatic heterocycles. The topological polar surface area (TPSA) is 87.0 Å². The molecule has 0 radical (unpaired) electrons. The Bertz CT molecular complexity index is 1030. The minimum atomic E-state index is -1.00. The van der Waals surface area contributed by atoms with E-state index in [1.165, 1.54) is 18.2 Å². The lowest BCUT2D eigenvalue weighted by atomic mass is 9.81. The molecule has 2 aromatic carbocycles. The second-order valence-electron chi connectivity index (χ2n) is 7.88. The lowest BCUT2D eigenvalue weighted by Crippen LogP contribution is -2.52. The smallest absolute Gasteiger partial charge is 0.271 e. The monoisotopic (exact) mass is 392 g/mol. The molecule has 2 aromatic rings. The fourth-order valence-electron chi connectivity index (χ4n) is 5.15. The average molecular weight is 392 g/mol. The van der Waals surface area contributed by atoms with Gasteiger partial charge in [0.2, 0.25) is 5.91 Å². The molecule has 0 spiro atoms. The number of nitro groups is 1. The average Bonchev–Trinajstić information content (AvgIpc) is 3.35. The summed E-state index contributed by atoms with van der Waals surface area (Å²) in [7, 11) is 0. The Morgan fingerprint density at radius 3 is 2.55 bits per heavy atom. The van der Waals surface area contributed by atoms with Crippen LogP contribution in [-0.2, 0) is 9.59 Å². The zero-order valence-electron chi connectivity index (χ0n) is 15.9. The van der Waals surface area contributed by atoms with Gasteiger partial charge in [-0.3, -0.25) is 19.7 Å². The number of imide groups is 1. The van der Waals surface area contributed by atoms with Crippen molar-refractivity contribution in [1.29, 1.82) is 0 Å². The third kappa shape index (κ3) is 2.33. The van der Waals surface area contributed by atoms with E-state index in [9.17, 15) is 19.7 Å². The number of nitro benzene ring substituents is 1. The first-order valence-electron chi connectivity index (χ1n) is 9.66. The molecular weight excluding hydrogens is 372 g/mol. The van der Waals surface area contributed by atoms with Gasteiger partial charge in [-0.05, 0) is 25.0 Å². The number of non-ortho nitro benzene ring substituents is 1. The van der Waals surface area contributed by atoms with Crippen LogP contribution in [0, 0.1) is 16.0 Å². The number of amides is 2. The maximum Gasteiger partial charge on any atom is 0.271 e. The Morgan fingerprint density at radius 2 is 1.83 bits per heavy atom. The first kappa shape index (κ1) is 18.0. The van der Waals surface area contributed by atoms with Crippen molar-refractivity contribution >= 4 is 23.2 Å². The Balaban J connectivity index is 1.63. The molecule has 3 heterocycles. The van der Waals surface area contributed by atoms with Crippen molar-refractivity contribution in [1.82, 2.24) is 10.0 Å². The highest BCUT2D eigenvalue weighted by Crippen LogP contribution is 2.54. The van der Waals surface area contributed by atoms with Crippen LogP contribution in [-0.4, -0.2) is 45.4 Å². The number of hydrazine groups is 1. The van der Waals surface area contributed by atoms with Gasteiger partial charge in [0.25, 0.3) is 11.6 Å². The first-order valence-corrected chi connectivity index (χ1v) is 9.66. The van der Waals surface area contributed by atoms with Gasteiger partial charge in [0.1, 0.15) is 5.54 Å². The first-order chi connectivity index (χ1) is 13.9. The number of nitrogens with zero attached hydrogens (tertiary/aromatic N) is 4. The minimum Gasteiger partial charge on any atom is -0.274 e. The van der Waals surface area contributed by atoms with Gasteiger partial charge in [-0.1, -0.05) is 36.4 Å². The molecule has 0 aliphatic carbocycles. The maximum atomic E-state index is 13.6. The Morgan fingerprint density at radius 1 is 1.07 bits per heavy atom. The molecule has 29 heavy (non-hydrogen) atoms. The second-order valence-corrected chi connectivity index (χ2v) is 7.88. The third-order valence-electron chi connectivity index (χ3n) is 6.41. The van der Waals surface area contributed by atoms with Crippen LogP contribution in [0.25, 0.3) is 0 Å². The minimum absolute atomic E-state index is 0.146. The summed E-state index contributed by atoms with van der Waals surface area (Å²) < 4.78 is 0. The number of carbonyl (C=O) groups excluding carboxylic acids is 2. The largest absolute Gasteiger partial charge is 0.274 e. The number of hydrogen-bond donors (Lipinski definition) is 0. The van der Waals surface area contributed by atoms with Crippen LogP contribution in [0.4, 0.5) is 11.4 Å². The van der Waals surface area contributed by atoms with E-state index in [1.807, 2.05) is 42.3 Å². The van der Waals surface area contributed by atoms with Crippen molar-refractivity contribution in [2.45, 2.75) is 24.9 Å². The van der Waals surface area contributed by atoms with E-state index in [2.05, 4.69) is 5.01 Å². The van der Waals surface area contributed by atoms with Gasteiger partial charge in [0.05, 0.1) is 22.6 Å². The van der Waals surface area contributed by atoms with Crippen LogP contribution in [0.5, 0.6) is 0 Å². The van der Waals surface area contributed by atoms with E-state index < -0.39 is 16.4 Å². The standard InChI is InChI=1S/C21H20N4O4/c1-21-17(18(14-7-3-2-4-8-14)22-11-6-12-23(21)22)19(26)24(20(21)27)15-9-5-10-16(13-15)25(28)29/h2-5,7-10,13,17-18H,6,11-12H2,1H3/t17-,18-,21-/m1/s1. The Kier molecular flexibility index (Phi) is 3.84. The van der Waals surface area contributed by atoms with Gasteiger partial charge in [0.15, 0.2) is 0 Å². The van der Waals surface area contributed by atoms with Crippen molar-refractivity contribution < 1.29 is 14.5 Å². The van der Waals surface area contributed by atoms with E-state index in [0.717, 1.165) is 23.4 Å². The van der Waals surface area contributed by atoms with Crippen LogP contribution in [0.15, 0.2) is 54.6 Å². The zero-order chi connectivity index (χ0) is 20.3. The SMILES string of the molecule is C[C@]12C(=O)N(c3cccc([N+](=O)[O-])c3)C(=O)[C@H]1[C@@H](c1ccccc1)N1CCCN12. The van der Waals surface area contributed by atoms with Gasteiger partial charge in [-0.15, -0.1) is 0 Å². The van der Waals surface area contributed by atoms with Crippen molar-refractivity contribution in [2.24, 2.45) is 5.92 Å². The molecule has 8 heteroatoms. The van der Waals surface area contributed by atoms with Gasteiger partial charge in [-0.25, -0.2) is 14.9 Å². The van der Waals surface area contributed by atoms with E-state index in [1.54, 1.807) is 6.07 Å². The summed E-state index contributed by atoms with van der Waals surface area (Å²) >= 11 is 0. The lowest BCUT2D eigenvalue weighted by molar-refractivity contribution is -0.384. The summed E-state index contributed by atoms with van der Waals surface area (Å²) in [6, 6.07) is 15.3. The summed E-state index contributed by atoms with van der Waals surface area (Å²) in [6.07, 6.45) is 0.921. The molecule has 0 saturated carbocycles. The van der Waals surface area contributed by atoms with Gasteiger partial charge < -0.3 is 0 Å². The summed E-state index contributed by atoms with van der Waals surface area (Å²) in [5, 5.41) is 15.4. The van der Waals surface area contributed by atoms with Crippen LogP contribution >= 0.6 is 0 Å². The van der Waals surface area contributed by atoms with Crippen molar-refractivity contribution in [3.05, 3.63) is 70.3 Å². The normalized spacial score (nSPS) is 29.3. The van der Waals surface area contributed by atoms with Crippen molar-refractivity contribution in [3.8, 4) is 0 Å². The highest BCUT2D eigenvalue weighted by atomic mass is 16.6. The second kappa shape index (κ2) is 6.20. The molecule has 0 N–H and O–H groups in total. The van der Waals surface area contributed by atoms with Crippen molar-refractivity contribution in [2.75, 3.05) is 18.0 Å². The highest BCUT2D eigenvalue weighted by Gasteiger charge is 2.70. The number of rotatable bonds is 3. The molecule has 0 unspecified atom stereocenters. The molecular formula is C21H20N4O4. The Labute approximate surface area is 167 Å². The van der Waals surface area contributed by atoms with Gasteiger partial charge in [-0.2, -0.15) is 0 Å². The fraction of sp³-hybridized carbons (Fsp3) is 0.333. The number of fused-ring (bicyclic) bond motifs is 3. The van der Waals surface area contributed by atoms with Crippen LogP contribution in [0.2, 0.25) is 0 Å². The van der Waals surface area contributed by atoms with Crippen LogP contribution in [0.3, 0.4) is 0 Å². The zero-order valence-corrected chi connectivity index (χ0v) is 15.9. The molecule has 3 aliphatic heterocycles. The van der Waals surface area contributed by atoms with Gasteiger partial charge >= 0.3 is 0 Å². The molecule has 3 saturated heterocycles. The molecule has 3 aliphatic rings. The quantitative estimate of drug-likeness (QED) is 0.453. The van der Waals surface area contributed by atoms with Crippen LogP contribution < -0.4 is 4.90 Å².